The van der Waals surface area contributed by atoms with Crippen molar-refractivity contribution >= 4 is 38.2 Å². The van der Waals surface area contributed by atoms with Crippen LogP contribution in [-0.2, 0) is 6.54 Å². The number of Topliss-reactive ketones (excluding diaryl/α,β-unsaturated/α-hetero) is 1. The smallest absolute Gasteiger partial charge is 0.221 e. The summed E-state index contributed by atoms with van der Waals surface area (Å²) in [7, 11) is 2.06. The molecular formula is C20H20N3OS+. The van der Waals surface area contributed by atoms with Gasteiger partial charge in [-0.15, -0.1) is 11.3 Å². The number of aromatic nitrogens is 2. The largest absolute Gasteiger partial charge is 0.360 e. The van der Waals surface area contributed by atoms with Gasteiger partial charge in [-0.1, -0.05) is 30.3 Å². The molecule has 2 aromatic carbocycles. The Hall–Kier alpha value is -2.50. The van der Waals surface area contributed by atoms with Gasteiger partial charge in [0.2, 0.25) is 5.78 Å². The molecule has 1 unspecified atom stereocenters. The molecule has 5 heteroatoms. The number of nitrogens with one attached hydrogen (secondary N) is 2. The lowest BCUT2D eigenvalue weighted by atomic mass is 10.0. The summed E-state index contributed by atoms with van der Waals surface area (Å²) >= 11 is 1.71. The number of hydrogen-bond acceptors (Lipinski definition) is 3. The number of hydrogen-bond donors (Lipinski definition) is 2. The van der Waals surface area contributed by atoms with Crippen molar-refractivity contribution < 1.29 is 9.69 Å². The molecule has 2 heterocycles. The molecule has 4 nitrogen and oxygen atoms in total. The zero-order valence-corrected chi connectivity index (χ0v) is 15.1. The lowest BCUT2D eigenvalue weighted by Crippen LogP contribution is -3.12. The van der Waals surface area contributed by atoms with Crippen molar-refractivity contribution in [2.45, 2.75) is 19.5 Å². The number of H-pyrrole nitrogens is 1. The first-order valence-electron chi connectivity index (χ1n) is 8.40. The molecule has 0 radical (unpaired) electrons. The van der Waals surface area contributed by atoms with Gasteiger partial charge in [0.05, 0.1) is 17.3 Å². The number of nitrogens with zero attached hydrogens (tertiary/aromatic N) is 1. The van der Waals surface area contributed by atoms with Crippen LogP contribution in [0.15, 0.2) is 54.7 Å². The highest BCUT2D eigenvalue weighted by Gasteiger charge is 2.26. The van der Waals surface area contributed by atoms with Gasteiger partial charge in [0.1, 0.15) is 17.6 Å². The van der Waals surface area contributed by atoms with Crippen LogP contribution in [-0.4, -0.2) is 28.8 Å². The third-order valence-electron chi connectivity index (χ3n) is 4.76. The van der Waals surface area contributed by atoms with Crippen LogP contribution < -0.4 is 4.90 Å². The molecule has 2 atom stereocenters. The number of rotatable bonds is 5. The van der Waals surface area contributed by atoms with Gasteiger partial charge in [-0.05, 0) is 25.1 Å². The first-order chi connectivity index (χ1) is 12.1. The number of carbonyl (C=O) groups excluding carboxylic acids is 1. The van der Waals surface area contributed by atoms with Crippen molar-refractivity contribution in [1.29, 1.82) is 0 Å². The van der Waals surface area contributed by atoms with E-state index >= 15 is 0 Å². The summed E-state index contributed by atoms with van der Waals surface area (Å²) in [6.45, 7) is 2.74. The zero-order chi connectivity index (χ0) is 17.4. The maximum Gasteiger partial charge on any atom is 0.221 e. The van der Waals surface area contributed by atoms with Crippen molar-refractivity contribution in [2.24, 2.45) is 0 Å². The molecule has 2 N–H and O–H groups in total. The van der Waals surface area contributed by atoms with E-state index in [1.54, 1.807) is 11.3 Å². The Morgan fingerprint density at radius 3 is 2.80 bits per heavy atom. The van der Waals surface area contributed by atoms with E-state index in [1.807, 2.05) is 55.6 Å². The highest BCUT2D eigenvalue weighted by atomic mass is 32.1. The van der Waals surface area contributed by atoms with E-state index < -0.39 is 0 Å². The molecule has 2 aromatic heterocycles. The lowest BCUT2D eigenvalue weighted by Gasteiger charge is -2.19. The predicted octanol–water partition coefficient (Wildman–Crippen LogP) is 3.06. The summed E-state index contributed by atoms with van der Waals surface area (Å²) in [4.78, 5) is 22.0. The summed E-state index contributed by atoms with van der Waals surface area (Å²) in [6, 6.07) is 16.0. The number of thiazole rings is 1. The minimum Gasteiger partial charge on any atom is -0.360 e. The fourth-order valence-electron chi connectivity index (χ4n) is 3.12. The van der Waals surface area contributed by atoms with E-state index in [2.05, 4.69) is 23.1 Å². The highest BCUT2D eigenvalue weighted by molar-refractivity contribution is 7.18. The first-order valence-corrected chi connectivity index (χ1v) is 9.22. The number of para-hydroxylation sites is 2. The quantitative estimate of drug-likeness (QED) is 0.544. The van der Waals surface area contributed by atoms with Crippen LogP contribution >= 0.6 is 11.3 Å². The minimum atomic E-state index is -0.133. The second-order valence-electron chi connectivity index (χ2n) is 6.43. The second-order valence-corrected chi connectivity index (χ2v) is 7.55. The molecule has 0 saturated carbocycles. The van der Waals surface area contributed by atoms with Crippen LogP contribution in [0.3, 0.4) is 0 Å². The molecular weight excluding hydrogens is 330 g/mol. The molecule has 0 aliphatic carbocycles. The summed E-state index contributed by atoms with van der Waals surface area (Å²) in [5.74, 6) is 0.163. The van der Waals surface area contributed by atoms with Crippen molar-refractivity contribution in [3.63, 3.8) is 0 Å². The van der Waals surface area contributed by atoms with Crippen LogP contribution in [0.25, 0.3) is 21.1 Å². The number of likely N-dealkylation sites (N-methyl/N-ethyl adjacent to an activating group) is 1. The summed E-state index contributed by atoms with van der Waals surface area (Å²) in [5.41, 5.74) is 2.81. The van der Waals surface area contributed by atoms with E-state index in [0.717, 1.165) is 38.4 Å². The molecule has 0 aliphatic rings. The number of aromatic amines is 1. The Labute approximate surface area is 150 Å². The summed E-state index contributed by atoms with van der Waals surface area (Å²) in [6.07, 6.45) is 1.83. The van der Waals surface area contributed by atoms with Gasteiger partial charge in [0.25, 0.3) is 0 Å². The molecule has 4 aromatic rings. The van der Waals surface area contributed by atoms with Gasteiger partial charge < -0.3 is 9.88 Å². The number of ketones is 1. The lowest BCUT2D eigenvalue weighted by molar-refractivity contribution is -0.907. The molecule has 25 heavy (non-hydrogen) atoms. The zero-order valence-electron chi connectivity index (χ0n) is 14.2. The number of carbonyl (C=O) groups is 1. The van der Waals surface area contributed by atoms with Gasteiger partial charge >= 0.3 is 0 Å². The Bertz CT molecular complexity index is 1020. The standard InChI is InChI=1S/C20H19N3OS/c1-13(20(24)15-11-21-16-8-4-3-7-14(15)16)23(2)12-19-22-17-9-5-6-10-18(17)25-19/h3-11,13,21H,12H2,1-2H3/p+1/t13-/m0/s1. The van der Waals surface area contributed by atoms with E-state index in [1.165, 1.54) is 4.70 Å². The van der Waals surface area contributed by atoms with Gasteiger partial charge in [0, 0.05) is 22.7 Å². The van der Waals surface area contributed by atoms with Crippen molar-refractivity contribution in [1.82, 2.24) is 9.97 Å². The fourth-order valence-corrected chi connectivity index (χ4v) is 4.18. The first kappa shape index (κ1) is 16.0. The topological polar surface area (TPSA) is 50.2 Å². The Morgan fingerprint density at radius 2 is 1.96 bits per heavy atom. The monoisotopic (exact) mass is 350 g/mol. The van der Waals surface area contributed by atoms with Crippen LogP contribution in [0.2, 0.25) is 0 Å². The molecule has 0 aliphatic heterocycles. The van der Waals surface area contributed by atoms with Crippen molar-refractivity contribution in [2.75, 3.05) is 7.05 Å². The van der Waals surface area contributed by atoms with Gasteiger partial charge in [-0.25, -0.2) is 4.98 Å². The third-order valence-corrected chi connectivity index (χ3v) is 5.79. The third kappa shape index (κ3) is 2.97. The average Bonchev–Trinajstić information content (AvgIpc) is 3.23. The van der Waals surface area contributed by atoms with E-state index in [0.29, 0.717) is 0 Å². The molecule has 0 bridgehead atoms. The molecule has 126 valence electrons. The number of benzene rings is 2. The van der Waals surface area contributed by atoms with Crippen molar-refractivity contribution in [3.8, 4) is 0 Å². The SMILES string of the molecule is C[C@@H](C(=O)c1c[nH]c2ccccc12)[NH+](C)Cc1nc2ccccc2s1. The average molecular weight is 350 g/mol. The molecule has 0 fully saturated rings. The van der Waals surface area contributed by atoms with Crippen LogP contribution in [0.5, 0.6) is 0 Å². The van der Waals surface area contributed by atoms with E-state index in [4.69, 9.17) is 0 Å². The second kappa shape index (κ2) is 6.43. The minimum absolute atomic E-state index is 0.133. The predicted molar refractivity (Wildman–Crippen MR) is 102 cm³/mol. The van der Waals surface area contributed by atoms with Gasteiger partial charge in [0.15, 0.2) is 0 Å². The Balaban J connectivity index is 1.55. The van der Waals surface area contributed by atoms with Gasteiger partial charge in [-0.3, -0.25) is 4.79 Å². The maximum absolute atomic E-state index is 13.0. The van der Waals surface area contributed by atoms with Crippen LogP contribution in [0.4, 0.5) is 0 Å². The highest BCUT2D eigenvalue weighted by Crippen LogP contribution is 2.21. The molecule has 0 spiro atoms. The van der Waals surface area contributed by atoms with E-state index in [-0.39, 0.29) is 11.8 Å². The molecule has 4 rings (SSSR count). The maximum atomic E-state index is 13.0. The summed E-state index contributed by atoms with van der Waals surface area (Å²) in [5, 5.41) is 2.06. The Morgan fingerprint density at radius 1 is 1.20 bits per heavy atom. The normalized spacial score (nSPS) is 14.0. The molecule has 0 saturated heterocycles. The fraction of sp³-hybridized carbons (Fsp3) is 0.200. The summed E-state index contributed by atoms with van der Waals surface area (Å²) < 4.78 is 1.20. The Kier molecular flexibility index (Phi) is 4.11. The van der Waals surface area contributed by atoms with Crippen LogP contribution in [0.1, 0.15) is 22.3 Å². The van der Waals surface area contributed by atoms with Crippen LogP contribution in [0, 0.1) is 0 Å². The number of quaternary nitrogens is 1. The van der Waals surface area contributed by atoms with Crippen molar-refractivity contribution in [3.05, 3.63) is 65.3 Å². The van der Waals surface area contributed by atoms with E-state index in [9.17, 15) is 4.79 Å². The van der Waals surface area contributed by atoms with Gasteiger partial charge in [-0.2, -0.15) is 0 Å². The number of fused-ring (bicyclic) bond motifs is 2. The molecule has 0 amide bonds.